The van der Waals surface area contributed by atoms with Gasteiger partial charge in [0.05, 0.1) is 6.04 Å². The Morgan fingerprint density at radius 2 is 1.79 bits per heavy atom. The summed E-state index contributed by atoms with van der Waals surface area (Å²) in [5.41, 5.74) is 4.35. The minimum atomic E-state index is -1.01. The second kappa shape index (κ2) is 8.19. The Kier molecular flexibility index (Phi) is 5.29. The lowest BCUT2D eigenvalue weighted by atomic mass is 9.99. The highest BCUT2D eigenvalue weighted by atomic mass is 16.5. The van der Waals surface area contributed by atoms with Crippen LogP contribution in [0, 0.1) is 0 Å². The van der Waals surface area contributed by atoms with Crippen LogP contribution in [-0.4, -0.2) is 17.0 Å². The van der Waals surface area contributed by atoms with E-state index in [0.717, 1.165) is 28.7 Å². The van der Waals surface area contributed by atoms with Gasteiger partial charge in [-0.25, -0.2) is 4.79 Å². The Hall–Kier alpha value is -3.60. The van der Waals surface area contributed by atoms with E-state index in [9.17, 15) is 14.7 Å². The molecule has 5 nitrogen and oxygen atoms in total. The molecule has 0 saturated carbocycles. The number of aromatic carboxylic acids is 1. The fraction of sp³-hybridized carbons (Fsp3) is 0.167. The van der Waals surface area contributed by atoms with Gasteiger partial charge in [-0.1, -0.05) is 54.6 Å². The zero-order valence-corrected chi connectivity index (χ0v) is 15.8. The molecule has 1 amide bonds. The maximum Gasteiger partial charge on any atom is 0.339 e. The van der Waals surface area contributed by atoms with Crippen LogP contribution in [0.1, 0.15) is 40.4 Å². The number of amides is 1. The van der Waals surface area contributed by atoms with Gasteiger partial charge in [0.1, 0.15) is 17.9 Å². The highest BCUT2D eigenvalue weighted by Gasteiger charge is 2.21. The second-order valence-electron chi connectivity index (χ2n) is 7.07. The van der Waals surface area contributed by atoms with E-state index in [1.165, 1.54) is 6.07 Å². The largest absolute Gasteiger partial charge is 0.488 e. The van der Waals surface area contributed by atoms with Crippen LogP contribution in [0.3, 0.4) is 0 Å². The Labute approximate surface area is 169 Å². The second-order valence-corrected chi connectivity index (χ2v) is 7.07. The molecule has 2 N–H and O–H groups in total. The fourth-order valence-electron chi connectivity index (χ4n) is 3.54. The van der Waals surface area contributed by atoms with Gasteiger partial charge in [-0.2, -0.15) is 0 Å². The Bertz CT molecular complexity index is 1040. The lowest BCUT2D eigenvalue weighted by Gasteiger charge is -2.12. The number of carboxylic acid groups (broad SMARTS) is 1. The summed E-state index contributed by atoms with van der Waals surface area (Å²) in [6.45, 7) is 0.282. The molecule has 1 atom stereocenters. The van der Waals surface area contributed by atoms with E-state index in [1.807, 2.05) is 24.3 Å². The van der Waals surface area contributed by atoms with Crippen molar-refractivity contribution in [3.8, 4) is 16.9 Å². The first-order chi connectivity index (χ1) is 14.1. The van der Waals surface area contributed by atoms with Crippen molar-refractivity contribution in [2.24, 2.45) is 0 Å². The van der Waals surface area contributed by atoms with E-state index >= 15 is 0 Å². The van der Waals surface area contributed by atoms with Gasteiger partial charge >= 0.3 is 5.97 Å². The van der Waals surface area contributed by atoms with Gasteiger partial charge in [0.2, 0.25) is 5.91 Å². The fourth-order valence-corrected chi connectivity index (χ4v) is 3.54. The Morgan fingerprint density at radius 1 is 1.00 bits per heavy atom. The van der Waals surface area contributed by atoms with Crippen LogP contribution in [0.5, 0.6) is 5.75 Å². The quantitative estimate of drug-likeness (QED) is 0.649. The van der Waals surface area contributed by atoms with Crippen molar-refractivity contribution in [2.75, 3.05) is 0 Å². The maximum atomic E-state index is 11.4. The van der Waals surface area contributed by atoms with Crippen LogP contribution >= 0.6 is 0 Å². The Morgan fingerprint density at radius 3 is 2.52 bits per heavy atom. The molecule has 1 aliphatic rings. The number of carboxylic acids is 1. The van der Waals surface area contributed by atoms with Gasteiger partial charge in [-0.15, -0.1) is 0 Å². The Balaban J connectivity index is 1.48. The summed E-state index contributed by atoms with van der Waals surface area (Å²) >= 11 is 0. The minimum Gasteiger partial charge on any atom is -0.488 e. The number of carbonyl (C=O) groups excluding carboxylic acids is 1. The molecule has 1 unspecified atom stereocenters. The van der Waals surface area contributed by atoms with Crippen molar-refractivity contribution >= 4 is 11.9 Å². The minimum absolute atomic E-state index is 0.102. The van der Waals surface area contributed by atoms with Crippen LogP contribution in [0.25, 0.3) is 11.1 Å². The molecular weight excluding hydrogens is 366 g/mol. The van der Waals surface area contributed by atoms with Gasteiger partial charge in [0, 0.05) is 6.42 Å². The summed E-state index contributed by atoms with van der Waals surface area (Å²) in [6, 6.07) is 22.9. The lowest BCUT2D eigenvalue weighted by Crippen LogP contribution is -2.18. The first kappa shape index (κ1) is 18.7. The van der Waals surface area contributed by atoms with E-state index in [2.05, 4.69) is 29.6 Å². The molecule has 4 rings (SSSR count). The molecule has 1 aliphatic heterocycles. The van der Waals surface area contributed by atoms with Crippen LogP contribution in [0.4, 0.5) is 0 Å². The molecule has 0 aliphatic carbocycles. The summed E-state index contributed by atoms with van der Waals surface area (Å²) < 4.78 is 5.75. The lowest BCUT2D eigenvalue weighted by molar-refractivity contribution is -0.119. The number of hydrogen-bond acceptors (Lipinski definition) is 3. The normalized spacial score (nSPS) is 15.7. The maximum absolute atomic E-state index is 11.4. The van der Waals surface area contributed by atoms with Crippen LogP contribution < -0.4 is 10.1 Å². The molecule has 1 fully saturated rings. The SMILES string of the molecule is O=C1CCC(c2ccc(-c3cccc(COc4ccccc4C(=O)O)c3)cc2)N1. The highest BCUT2D eigenvalue weighted by molar-refractivity contribution is 5.90. The van der Waals surface area contributed by atoms with Crippen molar-refractivity contribution < 1.29 is 19.4 Å². The number of rotatable bonds is 6. The molecule has 0 bridgehead atoms. The molecule has 5 heteroatoms. The van der Waals surface area contributed by atoms with Gasteiger partial charge in [0.15, 0.2) is 0 Å². The van der Waals surface area contributed by atoms with E-state index < -0.39 is 5.97 Å². The number of benzene rings is 3. The van der Waals surface area contributed by atoms with E-state index in [4.69, 9.17) is 4.74 Å². The van der Waals surface area contributed by atoms with Gasteiger partial charge in [-0.05, 0) is 46.9 Å². The van der Waals surface area contributed by atoms with Crippen LogP contribution in [0.15, 0.2) is 72.8 Å². The predicted octanol–water partition coefficient (Wildman–Crippen LogP) is 4.58. The van der Waals surface area contributed by atoms with Crippen molar-refractivity contribution in [3.63, 3.8) is 0 Å². The van der Waals surface area contributed by atoms with Crippen LogP contribution in [0.2, 0.25) is 0 Å². The zero-order chi connectivity index (χ0) is 20.2. The first-order valence-corrected chi connectivity index (χ1v) is 9.54. The van der Waals surface area contributed by atoms with Crippen molar-refractivity contribution in [1.82, 2.24) is 5.32 Å². The smallest absolute Gasteiger partial charge is 0.339 e. The number of para-hydroxylation sites is 1. The average molecular weight is 387 g/mol. The van der Waals surface area contributed by atoms with Crippen molar-refractivity contribution in [2.45, 2.75) is 25.5 Å². The monoisotopic (exact) mass is 387 g/mol. The molecule has 1 saturated heterocycles. The topological polar surface area (TPSA) is 75.6 Å². The molecule has 29 heavy (non-hydrogen) atoms. The number of nitrogens with one attached hydrogen (secondary N) is 1. The summed E-state index contributed by atoms with van der Waals surface area (Å²) in [6.07, 6.45) is 1.42. The molecule has 3 aromatic carbocycles. The molecule has 0 aromatic heterocycles. The van der Waals surface area contributed by atoms with Gasteiger partial charge in [0.25, 0.3) is 0 Å². The molecule has 0 radical (unpaired) electrons. The van der Waals surface area contributed by atoms with Crippen molar-refractivity contribution in [3.05, 3.63) is 89.5 Å². The summed E-state index contributed by atoms with van der Waals surface area (Å²) in [4.78, 5) is 22.7. The highest BCUT2D eigenvalue weighted by Crippen LogP contribution is 2.27. The molecule has 0 spiro atoms. The number of carbonyl (C=O) groups is 2. The molecule has 3 aromatic rings. The standard InChI is InChI=1S/C24H21NO4/c26-23-13-12-21(25-23)18-10-8-17(9-11-18)19-5-3-4-16(14-19)15-29-22-7-2-1-6-20(22)24(27)28/h1-11,14,21H,12-13,15H2,(H,25,26)(H,27,28). The molecule has 1 heterocycles. The first-order valence-electron chi connectivity index (χ1n) is 9.54. The average Bonchev–Trinajstić information content (AvgIpc) is 3.19. The predicted molar refractivity (Wildman–Crippen MR) is 110 cm³/mol. The zero-order valence-electron chi connectivity index (χ0n) is 15.8. The third-order valence-electron chi connectivity index (χ3n) is 5.08. The summed E-state index contributed by atoms with van der Waals surface area (Å²) in [5.74, 6) is -0.544. The van der Waals surface area contributed by atoms with Gasteiger partial charge < -0.3 is 15.2 Å². The summed E-state index contributed by atoms with van der Waals surface area (Å²) in [7, 11) is 0. The molecular formula is C24H21NO4. The van der Waals surface area contributed by atoms with E-state index in [-0.39, 0.29) is 24.1 Å². The summed E-state index contributed by atoms with van der Waals surface area (Å²) in [5, 5.41) is 12.3. The van der Waals surface area contributed by atoms with E-state index in [0.29, 0.717) is 12.2 Å². The van der Waals surface area contributed by atoms with Crippen molar-refractivity contribution in [1.29, 1.82) is 0 Å². The van der Waals surface area contributed by atoms with Gasteiger partial charge in [-0.3, -0.25) is 4.79 Å². The number of hydrogen-bond donors (Lipinski definition) is 2. The molecule has 146 valence electrons. The third-order valence-corrected chi connectivity index (χ3v) is 5.08. The van der Waals surface area contributed by atoms with Crippen LogP contribution in [-0.2, 0) is 11.4 Å². The third kappa shape index (κ3) is 4.29. The van der Waals surface area contributed by atoms with E-state index in [1.54, 1.807) is 18.2 Å². The number of ether oxygens (including phenoxy) is 1.